The number of hydrogen-bond donors (Lipinski definition) is 0. The van der Waals surface area contributed by atoms with Crippen molar-refractivity contribution in [1.29, 1.82) is 5.26 Å². The predicted octanol–water partition coefficient (Wildman–Crippen LogP) is 4.39. The lowest BCUT2D eigenvalue weighted by Gasteiger charge is -2.14. The Labute approximate surface area is 173 Å². The number of thioether (sulfide) groups is 1. The summed E-state index contributed by atoms with van der Waals surface area (Å²) in [4.78, 5) is 15.0. The molecule has 7 heteroatoms. The SMILES string of the molecule is CCOc1cc(/C=C2/SC(=S)N(Cc3ccccc3)C2=O)ccc1OCC#N. The van der Waals surface area contributed by atoms with Crippen molar-refractivity contribution in [3.05, 3.63) is 64.6 Å². The molecule has 2 aromatic carbocycles. The van der Waals surface area contributed by atoms with Gasteiger partial charge in [-0.3, -0.25) is 9.69 Å². The lowest BCUT2D eigenvalue weighted by molar-refractivity contribution is -0.122. The molecule has 0 unspecified atom stereocenters. The molecule has 2 aromatic rings. The summed E-state index contributed by atoms with van der Waals surface area (Å²) >= 11 is 6.68. The highest BCUT2D eigenvalue weighted by molar-refractivity contribution is 8.26. The number of benzene rings is 2. The van der Waals surface area contributed by atoms with Gasteiger partial charge in [-0.1, -0.05) is 60.4 Å². The zero-order valence-electron chi connectivity index (χ0n) is 15.3. The molecule has 0 aromatic heterocycles. The molecule has 3 rings (SSSR count). The average molecular weight is 411 g/mol. The van der Waals surface area contributed by atoms with E-state index in [4.69, 9.17) is 27.0 Å². The second-order valence-electron chi connectivity index (χ2n) is 5.84. The molecule has 1 fully saturated rings. The van der Waals surface area contributed by atoms with Gasteiger partial charge in [-0.25, -0.2) is 0 Å². The zero-order chi connectivity index (χ0) is 19.9. The summed E-state index contributed by atoms with van der Waals surface area (Å²) in [7, 11) is 0. The Kier molecular flexibility index (Phi) is 6.69. The minimum Gasteiger partial charge on any atom is -0.490 e. The summed E-state index contributed by atoms with van der Waals surface area (Å²) in [5.74, 6) is 0.921. The molecule has 0 spiro atoms. The van der Waals surface area contributed by atoms with Crippen molar-refractivity contribution in [1.82, 2.24) is 4.90 Å². The standard InChI is InChI=1S/C21H18N2O3S2/c1-2-25-18-12-16(8-9-17(18)26-11-10-22)13-19-20(24)23(21(27)28-19)14-15-6-4-3-5-7-15/h3-9,12-13H,2,11,14H2,1H3/b19-13+. The van der Waals surface area contributed by atoms with Gasteiger partial charge in [-0.05, 0) is 36.3 Å². The number of thiocarbonyl (C=S) groups is 1. The van der Waals surface area contributed by atoms with Crippen LogP contribution in [0.4, 0.5) is 0 Å². The monoisotopic (exact) mass is 410 g/mol. The molecule has 142 valence electrons. The van der Waals surface area contributed by atoms with E-state index >= 15 is 0 Å². The molecule has 1 saturated heterocycles. The van der Waals surface area contributed by atoms with Crippen LogP contribution in [0.2, 0.25) is 0 Å². The van der Waals surface area contributed by atoms with E-state index in [1.165, 1.54) is 11.8 Å². The molecule has 0 radical (unpaired) electrons. The van der Waals surface area contributed by atoms with Crippen molar-refractivity contribution in [3.8, 4) is 17.6 Å². The molecule has 5 nitrogen and oxygen atoms in total. The first-order valence-corrected chi connectivity index (χ1v) is 9.90. The molecule has 1 aliphatic heterocycles. The first-order chi connectivity index (χ1) is 13.6. The van der Waals surface area contributed by atoms with Crippen LogP contribution in [0.5, 0.6) is 11.5 Å². The van der Waals surface area contributed by atoms with Crippen LogP contribution >= 0.6 is 24.0 Å². The second-order valence-corrected chi connectivity index (χ2v) is 7.52. The van der Waals surface area contributed by atoms with Crippen LogP contribution in [0.15, 0.2) is 53.4 Å². The molecule has 0 bridgehead atoms. The fourth-order valence-electron chi connectivity index (χ4n) is 2.67. The predicted molar refractivity (Wildman–Crippen MR) is 114 cm³/mol. The lowest BCUT2D eigenvalue weighted by atomic mass is 10.1. The topological polar surface area (TPSA) is 62.6 Å². The molecule has 28 heavy (non-hydrogen) atoms. The van der Waals surface area contributed by atoms with Crippen LogP contribution in [-0.2, 0) is 11.3 Å². The summed E-state index contributed by atoms with van der Waals surface area (Å²) < 4.78 is 11.5. The van der Waals surface area contributed by atoms with Gasteiger partial charge in [0.05, 0.1) is 18.1 Å². The number of rotatable bonds is 7. The van der Waals surface area contributed by atoms with Crippen molar-refractivity contribution in [2.45, 2.75) is 13.5 Å². The highest BCUT2D eigenvalue weighted by Crippen LogP contribution is 2.35. The van der Waals surface area contributed by atoms with Crippen LogP contribution in [0.1, 0.15) is 18.1 Å². The lowest BCUT2D eigenvalue weighted by Crippen LogP contribution is -2.27. The first-order valence-electron chi connectivity index (χ1n) is 8.68. The largest absolute Gasteiger partial charge is 0.490 e. The Morgan fingerprint density at radius 1 is 1.18 bits per heavy atom. The third kappa shape index (κ3) is 4.71. The molecular formula is C21H18N2O3S2. The van der Waals surface area contributed by atoms with Gasteiger partial charge >= 0.3 is 0 Å². The summed E-state index contributed by atoms with van der Waals surface area (Å²) in [6.07, 6.45) is 1.79. The Bertz CT molecular complexity index is 952. The van der Waals surface area contributed by atoms with E-state index < -0.39 is 0 Å². The fraction of sp³-hybridized carbons (Fsp3) is 0.190. The first kappa shape index (κ1) is 19.9. The third-order valence-electron chi connectivity index (χ3n) is 3.91. The van der Waals surface area contributed by atoms with Crippen LogP contribution in [0, 0.1) is 11.3 Å². The summed E-state index contributed by atoms with van der Waals surface area (Å²) in [5.41, 5.74) is 1.82. The summed E-state index contributed by atoms with van der Waals surface area (Å²) in [5, 5.41) is 8.69. The van der Waals surface area contributed by atoms with Crippen molar-refractivity contribution < 1.29 is 14.3 Å². The van der Waals surface area contributed by atoms with Crippen LogP contribution in [-0.4, -0.2) is 28.3 Å². The second kappa shape index (κ2) is 9.40. The van der Waals surface area contributed by atoms with Gasteiger partial charge in [-0.15, -0.1) is 0 Å². The van der Waals surface area contributed by atoms with E-state index in [9.17, 15) is 4.79 Å². The number of nitrogens with zero attached hydrogens (tertiary/aromatic N) is 2. The van der Waals surface area contributed by atoms with Crippen molar-refractivity contribution in [3.63, 3.8) is 0 Å². The van der Waals surface area contributed by atoms with Crippen molar-refractivity contribution in [2.24, 2.45) is 0 Å². The van der Waals surface area contributed by atoms with Gasteiger partial charge in [0.2, 0.25) is 0 Å². The highest BCUT2D eigenvalue weighted by atomic mass is 32.2. The molecule has 1 heterocycles. The Hall–Kier alpha value is -2.82. The Morgan fingerprint density at radius 3 is 2.68 bits per heavy atom. The van der Waals surface area contributed by atoms with Gasteiger partial charge in [0.1, 0.15) is 10.4 Å². The smallest absolute Gasteiger partial charge is 0.266 e. The molecule has 0 saturated carbocycles. The summed E-state index contributed by atoms with van der Waals surface area (Å²) in [6.45, 7) is 2.73. The van der Waals surface area contributed by atoms with E-state index in [1.807, 2.05) is 49.4 Å². The van der Waals surface area contributed by atoms with Gasteiger partial charge in [0.25, 0.3) is 5.91 Å². The molecule has 1 amide bonds. The minimum atomic E-state index is -0.110. The van der Waals surface area contributed by atoms with Crippen molar-refractivity contribution >= 4 is 40.3 Å². The third-order valence-corrected chi connectivity index (χ3v) is 5.29. The quantitative estimate of drug-likeness (QED) is 0.498. The van der Waals surface area contributed by atoms with Crippen LogP contribution < -0.4 is 9.47 Å². The molecule has 0 N–H and O–H groups in total. The highest BCUT2D eigenvalue weighted by Gasteiger charge is 2.32. The number of amides is 1. The maximum Gasteiger partial charge on any atom is 0.266 e. The van der Waals surface area contributed by atoms with Crippen LogP contribution in [0.3, 0.4) is 0 Å². The van der Waals surface area contributed by atoms with E-state index in [1.54, 1.807) is 23.1 Å². The van der Waals surface area contributed by atoms with Gasteiger partial charge in [-0.2, -0.15) is 5.26 Å². The van der Waals surface area contributed by atoms with Gasteiger partial charge in [0.15, 0.2) is 18.1 Å². The van der Waals surface area contributed by atoms with Gasteiger partial charge < -0.3 is 9.47 Å². The Balaban J connectivity index is 1.81. The van der Waals surface area contributed by atoms with Gasteiger partial charge in [0, 0.05) is 0 Å². The van der Waals surface area contributed by atoms with Crippen LogP contribution in [0.25, 0.3) is 6.08 Å². The fourth-order valence-corrected chi connectivity index (χ4v) is 3.92. The molecular weight excluding hydrogens is 392 g/mol. The maximum atomic E-state index is 12.8. The zero-order valence-corrected chi connectivity index (χ0v) is 16.9. The number of nitriles is 1. The average Bonchev–Trinajstić information content (AvgIpc) is 2.96. The van der Waals surface area contributed by atoms with E-state index in [2.05, 4.69) is 0 Å². The maximum absolute atomic E-state index is 12.8. The number of carbonyl (C=O) groups is 1. The van der Waals surface area contributed by atoms with E-state index in [0.717, 1.165) is 11.1 Å². The molecule has 1 aliphatic rings. The van der Waals surface area contributed by atoms with Crippen molar-refractivity contribution in [2.75, 3.05) is 13.2 Å². The molecule has 0 atom stereocenters. The molecule has 0 aliphatic carbocycles. The number of carbonyl (C=O) groups excluding carboxylic acids is 1. The minimum absolute atomic E-state index is 0.0580. The Morgan fingerprint density at radius 2 is 1.96 bits per heavy atom. The summed E-state index contributed by atoms with van der Waals surface area (Å²) in [6, 6.07) is 17.0. The number of ether oxygens (including phenoxy) is 2. The van der Waals surface area contributed by atoms with E-state index in [0.29, 0.717) is 33.9 Å². The normalized spacial score (nSPS) is 15.0. The number of hydrogen-bond acceptors (Lipinski definition) is 6. The van der Waals surface area contributed by atoms with E-state index in [-0.39, 0.29) is 12.5 Å².